The lowest BCUT2D eigenvalue weighted by Crippen LogP contribution is -2.59. The van der Waals surface area contributed by atoms with Crippen molar-refractivity contribution in [1.82, 2.24) is 4.90 Å². The van der Waals surface area contributed by atoms with Crippen molar-refractivity contribution in [1.29, 1.82) is 0 Å². The van der Waals surface area contributed by atoms with Gasteiger partial charge in [0.2, 0.25) is 11.8 Å². The number of amides is 3. The molecule has 0 aromatic heterocycles. The molecule has 1 N–H and O–H groups in total. The Bertz CT molecular complexity index is 1800. The predicted octanol–water partition coefficient (Wildman–Crippen LogP) is 5.12. The fourth-order valence-electron chi connectivity index (χ4n) is 8.37. The van der Waals surface area contributed by atoms with Gasteiger partial charge in [0, 0.05) is 24.5 Å². The van der Waals surface area contributed by atoms with E-state index in [9.17, 15) is 19.5 Å². The van der Waals surface area contributed by atoms with Gasteiger partial charge < -0.3 is 29.3 Å². The van der Waals surface area contributed by atoms with Crippen molar-refractivity contribution in [2.75, 3.05) is 36.1 Å². The van der Waals surface area contributed by atoms with Crippen LogP contribution >= 0.6 is 0 Å². The number of fused-ring (bicyclic) bond motifs is 3. The highest BCUT2D eigenvalue weighted by Crippen LogP contribution is 2.58. The van der Waals surface area contributed by atoms with Crippen molar-refractivity contribution in [3.8, 4) is 5.75 Å². The summed E-state index contributed by atoms with van der Waals surface area (Å²) >= 11 is 0. The van der Waals surface area contributed by atoms with E-state index >= 15 is 0 Å². The molecule has 1 unspecified atom stereocenters. The summed E-state index contributed by atoms with van der Waals surface area (Å²) in [5, 5.41) is 12.8. The van der Waals surface area contributed by atoms with Gasteiger partial charge in [-0.2, -0.15) is 0 Å². The molecule has 0 aliphatic carbocycles. The summed E-state index contributed by atoms with van der Waals surface area (Å²) in [5.74, 6) is -1.94. The zero-order valence-corrected chi connectivity index (χ0v) is 27.9. The maximum atomic E-state index is 15.0. The maximum absolute atomic E-state index is 15.0. The second kappa shape index (κ2) is 12.2. The molecule has 0 bridgehead atoms. The third-order valence-corrected chi connectivity index (χ3v) is 10.3. The summed E-state index contributed by atoms with van der Waals surface area (Å²) in [5.41, 5.74) is -1.19. The van der Waals surface area contributed by atoms with Crippen LogP contribution in [0.1, 0.15) is 34.1 Å². The Morgan fingerprint density at radius 2 is 1.52 bits per heavy atom. The molecule has 7 rings (SSSR count). The molecular weight excluding hydrogens is 606 g/mol. The number of hydrogen-bond donors (Lipinski definition) is 1. The summed E-state index contributed by atoms with van der Waals surface area (Å²) in [7, 11) is 0. The van der Waals surface area contributed by atoms with E-state index in [0.717, 1.165) is 10.8 Å². The smallest absolute Gasteiger partial charge is 0.253 e. The van der Waals surface area contributed by atoms with Gasteiger partial charge in [0.25, 0.3) is 5.91 Å². The van der Waals surface area contributed by atoms with Crippen molar-refractivity contribution in [3.63, 3.8) is 0 Å². The molecule has 9 heteroatoms. The Morgan fingerprint density at radius 1 is 0.854 bits per heavy atom. The lowest BCUT2D eigenvalue weighted by molar-refractivity contribution is -0.148. The number of nitrogens with zero attached hydrogens (tertiary/aromatic N) is 3. The summed E-state index contributed by atoms with van der Waals surface area (Å²) in [6.07, 6.45) is 8.02. The zero-order chi connectivity index (χ0) is 33.8. The first kappa shape index (κ1) is 32.1. The molecule has 4 aliphatic rings. The first-order chi connectivity index (χ1) is 23.1. The van der Waals surface area contributed by atoms with Gasteiger partial charge in [-0.05, 0) is 73.4 Å². The van der Waals surface area contributed by atoms with Crippen molar-refractivity contribution in [2.45, 2.75) is 57.4 Å². The topological polar surface area (TPSA) is 99.6 Å². The van der Waals surface area contributed by atoms with E-state index in [1.165, 1.54) is 0 Å². The molecule has 1 spiro atoms. The number of aliphatic hydroxyl groups excluding tert-OH is 1. The predicted molar refractivity (Wildman–Crippen MR) is 185 cm³/mol. The molecule has 48 heavy (non-hydrogen) atoms. The molecule has 9 nitrogen and oxygen atoms in total. The number of benzene rings is 3. The third kappa shape index (κ3) is 5.02. The second-order valence-corrected chi connectivity index (χ2v) is 13.9. The average Bonchev–Trinajstić information content (AvgIpc) is 3.35. The van der Waals surface area contributed by atoms with E-state index in [1.54, 1.807) is 14.7 Å². The van der Waals surface area contributed by atoms with E-state index in [4.69, 9.17) is 9.47 Å². The van der Waals surface area contributed by atoms with E-state index in [2.05, 4.69) is 0 Å². The Labute approximate surface area is 281 Å². The van der Waals surface area contributed by atoms with Crippen molar-refractivity contribution >= 4 is 39.9 Å². The zero-order valence-electron chi connectivity index (χ0n) is 27.9. The van der Waals surface area contributed by atoms with Gasteiger partial charge in [-0.3, -0.25) is 14.4 Å². The Kier molecular flexibility index (Phi) is 8.16. The van der Waals surface area contributed by atoms with Gasteiger partial charge in [0.05, 0.1) is 36.7 Å². The highest BCUT2D eigenvalue weighted by atomic mass is 16.5. The highest BCUT2D eigenvalue weighted by molar-refractivity contribution is 6.08. The Balaban J connectivity index is 1.33. The van der Waals surface area contributed by atoms with Crippen LogP contribution in [0.2, 0.25) is 0 Å². The van der Waals surface area contributed by atoms with Gasteiger partial charge in [-0.25, -0.2) is 0 Å². The number of likely N-dealkylation sites (tertiary alicyclic amines) is 1. The van der Waals surface area contributed by atoms with Gasteiger partial charge >= 0.3 is 0 Å². The summed E-state index contributed by atoms with van der Waals surface area (Å²) in [6, 6.07) is 19.5. The van der Waals surface area contributed by atoms with Crippen LogP contribution in [0, 0.1) is 17.8 Å². The molecule has 2 saturated heterocycles. The van der Waals surface area contributed by atoms with Crippen molar-refractivity contribution in [2.24, 2.45) is 17.8 Å². The third-order valence-electron chi connectivity index (χ3n) is 10.3. The van der Waals surface area contributed by atoms with E-state index in [1.807, 2.05) is 119 Å². The monoisotopic (exact) mass is 649 g/mol. The number of carbonyl (C=O) groups is 3. The molecule has 6 atom stereocenters. The van der Waals surface area contributed by atoms with E-state index < -0.39 is 35.1 Å². The SMILES string of the molecule is CCOc1ccc(N2CC=C[C@]3(C)O[C@]45C=CCN(c6ccc7ccccc7c6)C(=O)C4N([C@@H](CO)CC(C)C)C(=O)[C@@H]5[C@@H]3C2=O)cc1. The molecule has 3 aromatic carbocycles. The minimum Gasteiger partial charge on any atom is -0.494 e. The van der Waals surface area contributed by atoms with E-state index in [-0.39, 0.29) is 36.8 Å². The summed E-state index contributed by atoms with van der Waals surface area (Å²) in [6.45, 7) is 8.60. The van der Waals surface area contributed by atoms with Crippen LogP contribution in [-0.4, -0.2) is 77.3 Å². The molecule has 2 fully saturated rings. The first-order valence-electron chi connectivity index (χ1n) is 16.9. The van der Waals surface area contributed by atoms with Crippen LogP contribution in [0.15, 0.2) is 91.0 Å². The summed E-state index contributed by atoms with van der Waals surface area (Å²) in [4.78, 5) is 49.6. The number of carbonyl (C=O) groups excluding carboxylic acids is 3. The second-order valence-electron chi connectivity index (χ2n) is 13.9. The lowest BCUT2D eigenvalue weighted by atomic mass is 9.74. The number of ether oxygens (including phenoxy) is 2. The minimum atomic E-state index is -1.43. The molecule has 250 valence electrons. The molecule has 3 aromatic rings. The number of aliphatic hydroxyl groups is 1. The first-order valence-corrected chi connectivity index (χ1v) is 16.9. The Hall–Kier alpha value is -4.47. The maximum Gasteiger partial charge on any atom is 0.253 e. The van der Waals surface area contributed by atoms with E-state index in [0.29, 0.717) is 36.7 Å². The van der Waals surface area contributed by atoms with Crippen LogP contribution in [0.3, 0.4) is 0 Å². The number of rotatable bonds is 8. The van der Waals surface area contributed by atoms with Gasteiger partial charge in [0.1, 0.15) is 17.4 Å². The fraction of sp³-hybridized carbons (Fsp3) is 0.410. The van der Waals surface area contributed by atoms with Crippen molar-refractivity contribution < 1.29 is 29.0 Å². The average molecular weight is 650 g/mol. The normalized spacial score (nSPS) is 28.8. The quantitative estimate of drug-likeness (QED) is 0.340. The standard InChI is InChI=1S/C39H43N3O6/c1-5-47-31-16-14-28(15-17-31)40-20-8-18-38(4)32(35(40)44)33-36(45)42(30(24-43)22-25(2)3)34-37(46)41(21-9-19-39(33,34)48-38)29-13-12-26-10-6-7-11-27(26)23-29/h6-19,23,25,30,32-34,43H,5,20-22,24H2,1-4H3/t30-,32-,33+,34?,38+,39+/m1/s1. The van der Waals surface area contributed by atoms with Crippen LogP contribution in [-0.2, 0) is 19.1 Å². The minimum absolute atomic E-state index is 0.142. The van der Waals surface area contributed by atoms with Crippen LogP contribution in [0.4, 0.5) is 11.4 Å². The van der Waals surface area contributed by atoms with Crippen molar-refractivity contribution in [3.05, 3.63) is 91.0 Å². The fourth-order valence-corrected chi connectivity index (χ4v) is 8.37. The molecule has 4 aliphatic heterocycles. The molecule has 0 saturated carbocycles. The molecular formula is C39H43N3O6. The Morgan fingerprint density at radius 3 is 2.21 bits per heavy atom. The molecule has 0 radical (unpaired) electrons. The highest BCUT2D eigenvalue weighted by Gasteiger charge is 2.75. The van der Waals surface area contributed by atoms with Crippen LogP contribution < -0.4 is 14.5 Å². The summed E-state index contributed by atoms with van der Waals surface area (Å²) < 4.78 is 12.6. The molecule has 4 heterocycles. The van der Waals surface area contributed by atoms with Crippen LogP contribution in [0.25, 0.3) is 10.8 Å². The molecule has 3 amide bonds. The van der Waals surface area contributed by atoms with Gasteiger partial charge in [-0.1, -0.05) is 68.5 Å². The number of hydrogen-bond acceptors (Lipinski definition) is 6. The van der Waals surface area contributed by atoms with Gasteiger partial charge in [0.15, 0.2) is 0 Å². The van der Waals surface area contributed by atoms with Crippen LogP contribution in [0.5, 0.6) is 5.75 Å². The largest absolute Gasteiger partial charge is 0.494 e. The van der Waals surface area contributed by atoms with Gasteiger partial charge in [-0.15, -0.1) is 0 Å². The number of anilines is 2. The lowest BCUT2D eigenvalue weighted by Gasteiger charge is -2.40.